The average Bonchev–Trinajstić information content (AvgIpc) is 3.27. The summed E-state index contributed by atoms with van der Waals surface area (Å²) in [5.74, 6) is -0.170. The number of hydrogen-bond acceptors (Lipinski definition) is 5. The highest BCUT2D eigenvalue weighted by molar-refractivity contribution is 6.30. The van der Waals surface area contributed by atoms with E-state index in [0.29, 0.717) is 55.2 Å². The third kappa shape index (κ3) is 5.92. The monoisotopic (exact) mass is 600 g/mol. The molecule has 2 unspecified atom stereocenters. The Morgan fingerprint density at radius 1 is 0.977 bits per heavy atom. The maximum absolute atomic E-state index is 13.9. The number of likely N-dealkylation sites (N-methyl/N-ethyl adjacent to an activating group) is 1. The first-order valence-electron chi connectivity index (χ1n) is 15.1. The van der Waals surface area contributed by atoms with Crippen molar-refractivity contribution in [2.75, 3.05) is 49.1 Å². The van der Waals surface area contributed by atoms with Crippen LogP contribution >= 0.6 is 11.6 Å². The van der Waals surface area contributed by atoms with Gasteiger partial charge < -0.3 is 24.3 Å². The quantitative estimate of drug-likeness (QED) is 0.371. The van der Waals surface area contributed by atoms with Crippen LogP contribution < -0.4 is 9.80 Å². The first-order valence-corrected chi connectivity index (χ1v) is 15.5. The lowest BCUT2D eigenvalue weighted by atomic mass is 10.0. The summed E-state index contributed by atoms with van der Waals surface area (Å²) in [5.41, 5.74) is 4.55. The fourth-order valence-electron chi connectivity index (χ4n) is 6.34. The molecule has 0 radical (unpaired) electrons. The van der Waals surface area contributed by atoms with E-state index in [1.165, 1.54) is 0 Å². The Hall–Kier alpha value is -3.72. The molecule has 3 heterocycles. The first kappa shape index (κ1) is 29.4. The number of anilines is 2. The number of carbonyl (C=O) groups is 3. The Kier molecular flexibility index (Phi) is 8.52. The molecular formula is C34H37ClN4O4. The van der Waals surface area contributed by atoms with E-state index < -0.39 is 6.10 Å². The van der Waals surface area contributed by atoms with Gasteiger partial charge in [0.15, 0.2) is 0 Å². The fraction of sp³-hybridized carbons (Fsp3) is 0.382. The van der Waals surface area contributed by atoms with Crippen molar-refractivity contribution in [3.63, 3.8) is 0 Å². The zero-order chi connectivity index (χ0) is 30.1. The molecule has 224 valence electrons. The molecule has 3 amide bonds. The Morgan fingerprint density at radius 3 is 2.44 bits per heavy atom. The highest BCUT2D eigenvalue weighted by atomic mass is 35.5. The van der Waals surface area contributed by atoms with E-state index in [-0.39, 0.29) is 23.8 Å². The predicted molar refractivity (Wildman–Crippen MR) is 168 cm³/mol. The zero-order valence-electron chi connectivity index (χ0n) is 24.7. The van der Waals surface area contributed by atoms with Crippen LogP contribution in [0.4, 0.5) is 11.4 Å². The molecule has 3 aliphatic rings. The Balaban J connectivity index is 1.18. The van der Waals surface area contributed by atoms with Crippen LogP contribution in [0.25, 0.3) is 0 Å². The lowest BCUT2D eigenvalue weighted by Crippen LogP contribution is -2.51. The number of halogens is 1. The van der Waals surface area contributed by atoms with Crippen LogP contribution in [0.3, 0.4) is 0 Å². The summed E-state index contributed by atoms with van der Waals surface area (Å²) >= 11 is 6.44. The second kappa shape index (κ2) is 12.5. The fourth-order valence-corrected chi connectivity index (χ4v) is 6.52. The number of amides is 3. The summed E-state index contributed by atoms with van der Waals surface area (Å²) in [4.78, 5) is 47.8. The molecule has 0 aromatic heterocycles. The summed E-state index contributed by atoms with van der Waals surface area (Å²) < 4.78 is 6.43. The molecular weight excluding hydrogens is 564 g/mol. The second-order valence-corrected chi connectivity index (χ2v) is 11.9. The van der Waals surface area contributed by atoms with Crippen molar-refractivity contribution in [1.82, 2.24) is 9.80 Å². The van der Waals surface area contributed by atoms with Crippen LogP contribution in [0.1, 0.15) is 64.6 Å². The van der Waals surface area contributed by atoms with Crippen LogP contribution in [0.2, 0.25) is 5.02 Å². The molecule has 3 aliphatic heterocycles. The zero-order valence-corrected chi connectivity index (χ0v) is 25.4. The molecule has 8 nitrogen and oxygen atoms in total. The minimum Gasteiger partial charge on any atom is -0.361 e. The SMILES string of the molecule is CCN1CCN(C(=O)C(C)OC2CCCN(C(=O)c3ccc(N4Cc5ccccc5C4=O)cc3)c3ccc(Cl)cc32)CC1. The normalized spacial score (nSPS) is 19.6. The number of benzene rings is 3. The smallest absolute Gasteiger partial charge is 0.258 e. The molecule has 9 heteroatoms. The van der Waals surface area contributed by atoms with Crippen molar-refractivity contribution in [3.05, 3.63) is 94.0 Å². The number of ether oxygens (including phenoxy) is 1. The van der Waals surface area contributed by atoms with Crippen molar-refractivity contribution >= 4 is 40.7 Å². The van der Waals surface area contributed by atoms with Gasteiger partial charge in [-0.05, 0) is 80.4 Å². The van der Waals surface area contributed by atoms with Gasteiger partial charge in [-0.3, -0.25) is 14.4 Å². The maximum atomic E-state index is 13.9. The third-order valence-corrected chi connectivity index (χ3v) is 9.05. The molecule has 0 saturated carbocycles. The van der Waals surface area contributed by atoms with Gasteiger partial charge in [0.25, 0.3) is 17.7 Å². The predicted octanol–water partition coefficient (Wildman–Crippen LogP) is 5.55. The summed E-state index contributed by atoms with van der Waals surface area (Å²) in [5, 5.41) is 0.553. The summed E-state index contributed by atoms with van der Waals surface area (Å²) in [6, 6.07) is 20.3. The van der Waals surface area contributed by atoms with Gasteiger partial charge in [0.1, 0.15) is 6.10 Å². The van der Waals surface area contributed by atoms with E-state index >= 15 is 0 Å². The van der Waals surface area contributed by atoms with E-state index in [2.05, 4.69) is 11.8 Å². The maximum Gasteiger partial charge on any atom is 0.258 e. The van der Waals surface area contributed by atoms with E-state index in [4.69, 9.17) is 16.3 Å². The largest absolute Gasteiger partial charge is 0.361 e. The van der Waals surface area contributed by atoms with E-state index in [0.717, 1.165) is 42.1 Å². The number of carbonyl (C=O) groups excluding carboxylic acids is 3. The Labute approximate surface area is 257 Å². The molecule has 2 atom stereocenters. The third-order valence-electron chi connectivity index (χ3n) is 8.82. The summed E-state index contributed by atoms with van der Waals surface area (Å²) in [7, 11) is 0. The summed E-state index contributed by atoms with van der Waals surface area (Å²) in [6.45, 7) is 9.11. The number of fused-ring (bicyclic) bond motifs is 2. The van der Waals surface area contributed by atoms with E-state index in [1.807, 2.05) is 60.4 Å². The van der Waals surface area contributed by atoms with Crippen LogP contribution in [0.5, 0.6) is 0 Å². The molecule has 6 rings (SSSR count). The number of nitrogens with zero attached hydrogens (tertiary/aromatic N) is 4. The van der Waals surface area contributed by atoms with Crippen LogP contribution in [0.15, 0.2) is 66.7 Å². The molecule has 1 saturated heterocycles. The van der Waals surface area contributed by atoms with Crippen LogP contribution in [0, 0.1) is 0 Å². The minimum atomic E-state index is -0.612. The number of piperazine rings is 1. The highest BCUT2D eigenvalue weighted by Crippen LogP contribution is 2.39. The molecule has 0 N–H and O–H groups in total. The molecule has 1 fully saturated rings. The van der Waals surface area contributed by atoms with E-state index in [9.17, 15) is 14.4 Å². The van der Waals surface area contributed by atoms with Gasteiger partial charge >= 0.3 is 0 Å². The Bertz CT molecular complexity index is 1520. The van der Waals surface area contributed by atoms with Crippen molar-refractivity contribution in [2.24, 2.45) is 0 Å². The van der Waals surface area contributed by atoms with Gasteiger partial charge in [-0.2, -0.15) is 0 Å². The molecule has 43 heavy (non-hydrogen) atoms. The Morgan fingerprint density at radius 2 is 1.72 bits per heavy atom. The van der Waals surface area contributed by atoms with Crippen molar-refractivity contribution < 1.29 is 19.1 Å². The van der Waals surface area contributed by atoms with Gasteiger partial charge in [-0.25, -0.2) is 0 Å². The van der Waals surface area contributed by atoms with Gasteiger partial charge in [-0.1, -0.05) is 36.7 Å². The van der Waals surface area contributed by atoms with Crippen LogP contribution in [-0.2, 0) is 16.1 Å². The molecule has 0 bridgehead atoms. The average molecular weight is 601 g/mol. The van der Waals surface area contributed by atoms with Gasteiger partial charge in [0.2, 0.25) is 0 Å². The lowest BCUT2D eigenvalue weighted by molar-refractivity contribution is -0.148. The van der Waals surface area contributed by atoms with Gasteiger partial charge in [0.05, 0.1) is 12.6 Å². The minimum absolute atomic E-state index is 0.00354. The molecule has 3 aromatic rings. The summed E-state index contributed by atoms with van der Waals surface area (Å²) in [6.07, 6.45) is 0.388. The number of rotatable bonds is 6. The molecule has 0 spiro atoms. The van der Waals surface area contributed by atoms with Gasteiger partial charge in [0, 0.05) is 65.8 Å². The van der Waals surface area contributed by atoms with Crippen LogP contribution in [-0.4, -0.2) is 72.9 Å². The molecule has 0 aliphatic carbocycles. The second-order valence-electron chi connectivity index (χ2n) is 11.4. The van der Waals surface area contributed by atoms with E-state index in [1.54, 1.807) is 28.0 Å². The van der Waals surface area contributed by atoms with Crippen molar-refractivity contribution in [1.29, 1.82) is 0 Å². The topological polar surface area (TPSA) is 73.4 Å². The van der Waals surface area contributed by atoms with Crippen molar-refractivity contribution in [2.45, 2.75) is 45.4 Å². The standard InChI is InChI=1S/C34H37ClN4O4/c1-3-36-17-19-37(20-18-36)32(40)23(2)43-31-9-6-16-38(30-15-12-26(35)21-29(30)31)33(41)24-10-13-27(14-11-24)39-22-25-7-4-5-8-28(25)34(39)42/h4-5,7-8,10-15,21,23,31H,3,6,9,16-20,22H2,1-2H3. The first-order chi connectivity index (χ1) is 20.8. The van der Waals surface area contributed by atoms with Gasteiger partial charge in [-0.15, -0.1) is 0 Å². The highest BCUT2D eigenvalue weighted by Gasteiger charge is 2.33. The lowest BCUT2D eigenvalue weighted by Gasteiger charge is -2.36. The molecule has 3 aromatic carbocycles. The number of hydrogen-bond donors (Lipinski definition) is 0. The van der Waals surface area contributed by atoms with Crippen molar-refractivity contribution in [3.8, 4) is 0 Å².